The highest BCUT2D eigenvalue weighted by atomic mass is 127. The Bertz CT molecular complexity index is 464. The number of methoxy groups -OCH3 is 1. The van der Waals surface area contributed by atoms with Crippen molar-refractivity contribution >= 4 is 29.9 Å². The van der Waals surface area contributed by atoms with Crippen LogP contribution in [0.1, 0.15) is 19.1 Å². The fourth-order valence-electron chi connectivity index (χ4n) is 2.36. The standard InChI is InChI=1S/C17H29N3O4.HI/c1-14(12-24-16-6-10-22-13-16)20-17(19-8-11-21-2)18-7-5-15-4-3-9-23-15;/h3-4,9,14,16H,5-8,10-13H2,1-2H3,(H2,18,19,20);1H. The Labute approximate surface area is 166 Å². The van der Waals surface area contributed by atoms with E-state index in [-0.39, 0.29) is 36.1 Å². The van der Waals surface area contributed by atoms with Crippen molar-refractivity contribution in [3.8, 4) is 0 Å². The first-order chi connectivity index (χ1) is 11.8. The van der Waals surface area contributed by atoms with Crippen LogP contribution in [0.5, 0.6) is 0 Å². The summed E-state index contributed by atoms with van der Waals surface area (Å²) >= 11 is 0. The average Bonchev–Trinajstić information content (AvgIpc) is 3.26. The Morgan fingerprint density at radius 2 is 2.36 bits per heavy atom. The van der Waals surface area contributed by atoms with E-state index in [1.165, 1.54) is 0 Å². The van der Waals surface area contributed by atoms with Crippen LogP contribution in [0.4, 0.5) is 0 Å². The normalized spacial score (nSPS) is 18.6. The summed E-state index contributed by atoms with van der Waals surface area (Å²) in [6.07, 6.45) is 3.69. The maximum absolute atomic E-state index is 5.84. The van der Waals surface area contributed by atoms with E-state index < -0.39 is 0 Å². The second kappa shape index (κ2) is 13.4. The molecule has 0 amide bonds. The van der Waals surface area contributed by atoms with Crippen LogP contribution >= 0.6 is 24.0 Å². The van der Waals surface area contributed by atoms with Crippen LogP contribution in [-0.2, 0) is 20.6 Å². The number of furan rings is 1. The van der Waals surface area contributed by atoms with Gasteiger partial charge in [0.2, 0.25) is 0 Å². The molecule has 2 unspecified atom stereocenters. The van der Waals surface area contributed by atoms with Gasteiger partial charge in [0.1, 0.15) is 5.76 Å². The molecule has 0 spiro atoms. The molecule has 1 saturated heterocycles. The summed E-state index contributed by atoms with van der Waals surface area (Å²) in [5.74, 6) is 1.72. The molecule has 0 radical (unpaired) electrons. The summed E-state index contributed by atoms with van der Waals surface area (Å²) in [7, 11) is 1.67. The van der Waals surface area contributed by atoms with Crippen molar-refractivity contribution in [2.24, 2.45) is 4.99 Å². The monoisotopic (exact) mass is 467 g/mol. The Hall–Kier alpha value is -0.840. The molecule has 0 saturated carbocycles. The summed E-state index contributed by atoms with van der Waals surface area (Å²) in [6.45, 7) is 6.14. The van der Waals surface area contributed by atoms with Gasteiger partial charge < -0.3 is 29.3 Å². The third-order valence-corrected chi connectivity index (χ3v) is 3.66. The molecule has 2 rings (SSSR count). The maximum Gasteiger partial charge on any atom is 0.191 e. The van der Waals surface area contributed by atoms with Crippen LogP contribution in [0.3, 0.4) is 0 Å². The number of hydrogen-bond acceptors (Lipinski definition) is 5. The SMILES string of the molecule is COCCN=C(NCCc1ccco1)NC(C)COC1CCOC1.I. The van der Waals surface area contributed by atoms with Crippen molar-refractivity contribution in [3.63, 3.8) is 0 Å². The van der Waals surface area contributed by atoms with Gasteiger partial charge >= 0.3 is 0 Å². The molecule has 1 aliphatic rings. The lowest BCUT2D eigenvalue weighted by Gasteiger charge is -2.20. The predicted octanol–water partition coefficient (Wildman–Crippen LogP) is 1.82. The predicted molar refractivity (Wildman–Crippen MR) is 108 cm³/mol. The Kier molecular flexibility index (Phi) is 11.9. The quantitative estimate of drug-likeness (QED) is 0.237. The lowest BCUT2D eigenvalue weighted by Crippen LogP contribution is -2.45. The van der Waals surface area contributed by atoms with E-state index in [2.05, 4.69) is 22.5 Å². The van der Waals surface area contributed by atoms with Gasteiger partial charge in [-0.2, -0.15) is 0 Å². The first-order valence-electron chi connectivity index (χ1n) is 8.53. The lowest BCUT2D eigenvalue weighted by atomic mass is 10.3. The molecular weight excluding hydrogens is 437 g/mol. The summed E-state index contributed by atoms with van der Waals surface area (Å²) in [5, 5.41) is 6.69. The molecule has 2 N–H and O–H groups in total. The van der Waals surface area contributed by atoms with E-state index in [1.807, 2.05) is 12.1 Å². The van der Waals surface area contributed by atoms with Crippen LogP contribution in [-0.4, -0.2) is 64.7 Å². The zero-order valence-electron chi connectivity index (χ0n) is 15.0. The molecule has 0 aromatic carbocycles. The average molecular weight is 467 g/mol. The molecule has 25 heavy (non-hydrogen) atoms. The van der Waals surface area contributed by atoms with Gasteiger partial charge in [-0.1, -0.05) is 0 Å². The first-order valence-corrected chi connectivity index (χ1v) is 8.53. The number of aliphatic imine (C=N–C) groups is 1. The highest BCUT2D eigenvalue weighted by Crippen LogP contribution is 2.08. The molecule has 0 bridgehead atoms. The maximum atomic E-state index is 5.84. The summed E-state index contributed by atoms with van der Waals surface area (Å²) in [6, 6.07) is 4.02. The Morgan fingerprint density at radius 1 is 1.48 bits per heavy atom. The van der Waals surface area contributed by atoms with Crippen LogP contribution in [0.15, 0.2) is 27.8 Å². The zero-order valence-corrected chi connectivity index (χ0v) is 17.4. The van der Waals surface area contributed by atoms with E-state index in [4.69, 9.17) is 18.6 Å². The number of rotatable bonds is 10. The summed E-state index contributed by atoms with van der Waals surface area (Å²) in [4.78, 5) is 4.51. The van der Waals surface area contributed by atoms with Crippen LogP contribution in [0.2, 0.25) is 0 Å². The minimum atomic E-state index is 0. The fraction of sp³-hybridized carbons (Fsp3) is 0.706. The minimum absolute atomic E-state index is 0. The largest absolute Gasteiger partial charge is 0.469 e. The molecular formula is C17H30IN3O4. The Morgan fingerprint density at radius 3 is 3.04 bits per heavy atom. The van der Waals surface area contributed by atoms with Crippen molar-refractivity contribution in [3.05, 3.63) is 24.2 Å². The molecule has 1 aromatic rings. The van der Waals surface area contributed by atoms with Gasteiger partial charge in [-0.3, -0.25) is 4.99 Å². The molecule has 8 heteroatoms. The van der Waals surface area contributed by atoms with E-state index in [9.17, 15) is 0 Å². The molecule has 1 aliphatic heterocycles. The van der Waals surface area contributed by atoms with Gasteiger partial charge in [-0.15, -0.1) is 24.0 Å². The van der Waals surface area contributed by atoms with E-state index >= 15 is 0 Å². The van der Waals surface area contributed by atoms with Crippen molar-refractivity contribution in [1.29, 1.82) is 0 Å². The highest BCUT2D eigenvalue weighted by Gasteiger charge is 2.17. The van der Waals surface area contributed by atoms with Crippen molar-refractivity contribution in [2.45, 2.75) is 31.9 Å². The van der Waals surface area contributed by atoms with Gasteiger partial charge in [-0.05, 0) is 25.5 Å². The highest BCUT2D eigenvalue weighted by molar-refractivity contribution is 14.0. The lowest BCUT2D eigenvalue weighted by molar-refractivity contribution is 0.0347. The molecule has 1 aromatic heterocycles. The third-order valence-electron chi connectivity index (χ3n) is 3.66. The van der Waals surface area contributed by atoms with Gasteiger partial charge in [0, 0.05) is 32.7 Å². The van der Waals surface area contributed by atoms with E-state index in [0.29, 0.717) is 26.4 Å². The van der Waals surface area contributed by atoms with Crippen LogP contribution in [0, 0.1) is 0 Å². The number of hydrogen-bond donors (Lipinski definition) is 2. The second-order valence-corrected chi connectivity index (χ2v) is 5.84. The topological polar surface area (TPSA) is 77.2 Å². The summed E-state index contributed by atoms with van der Waals surface area (Å²) < 4.78 is 21.6. The van der Waals surface area contributed by atoms with Gasteiger partial charge in [0.15, 0.2) is 5.96 Å². The number of guanidine groups is 1. The second-order valence-electron chi connectivity index (χ2n) is 5.84. The number of ether oxygens (including phenoxy) is 3. The molecule has 1 fully saturated rings. The van der Waals surface area contributed by atoms with Crippen molar-refractivity contribution in [1.82, 2.24) is 10.6 Å². The van der Waals surface area contributed by atoms with Gasteiger partial charge in [-0.25, -0.2) is 0 Å². The number of nitrogens with one attached hydrogen (secondary N) is 2. The van der Waals surface area contributed by atoms with Gasteiger partial charge in [0.05, 0.1) is 38.7 Å². The van der Waals surface area contributed by atoms with E-state index in [1.54, 1.807) is 13.4 Å². The van der Waals surface area contributed by atoms with Crippen molar-refractivity contribution in [2.75, 3.05) is 46.6 Å². The van der Waals surface area contributed by atoms with Crippen LogP contribution < -0.4 is 10.6 Å². The third kappa shape index (κ3) is 9.43. The van der Waals surface area contributed by atoms with Crippen LogP contribution in [0.25, 0.3) is 0 Å². The summed E-state index contributed by atoms with van der Waals surface area (Å²) in [5.41, 5.74) is 0. The smallest absolute Gasteiger partial charge is 0.191 e. The van der Waals surface area contributed by atoms with E-state index in [0.717, 1.165) is 37.7 Å². The molecule has 7 nitrogen and oxygen atoms in total. The van der Waals surface area contributed by atoms with Gasteiger partial charge in [0.25, 0.3) is 0 Å². The van der Waals surface area contributed by atoms with Crippen molar-refractivity contribution < 1.29 is 18.6 Å². The zero-order chi connectivity index (χ0) is 17.0. The Balaban J connectivity index is 0.00000312. The molecule has 2 heterocycles. The fourth-order valence-corrected chi connectivity index (χ4v) is 2.36. The number of halogens is 1. The molecule has 144 valence electrons. The molecule has 2 atom stereocenters. The number of nitrogens with zero attached hydrogens (tertiary/aromatic N) is 1. The molecule has 0 aliphatic carbocycles. The first kappa shape index (κ1) is 22.2. The minimum Gasteiger partial charge on any atom is -0.469 e.